The molecule has 0 N–H and O–H groups in total. The third kappa shape index (κ3) is 3.31. The van der Waals surface area contributed by atoms with Gasteiger partial charge in [0.15, 0.2) is 5.78 Å². The predicted molar refractivity (Wildman–Crippen MR) is 134 cm³/mol. The third-order valence-corrected chi connectivity index (χ3v) is 8.27. The lowest BCUT2D eigenvalue weighted by molar-refractivity contribution is -0.129. The number of hydrogen-bond acceptors (Lipinski definition) is 2. The topological polar surface area (TPSA) is 20.3 Å². The van der Waals surface area contributed by atoms with Gasteiger partial charge in [-0.15, -0.1) is 0 Å². The fourth-order valence-corrected chi connectivity index (χ4v) is 7.15. The molecule has 3 aromatic carbocycles. The first-order valence-corrected chi connectivity index (χ1v) is 12.4. The van der Waals surface area contributed by atoms with Crippen LogP contribution in [-0.2, 0) is 4.79 Å². The zero-order chi connectivity index (χ0) is 22.3. The molecule has 1 saturated carbocycles. The Hall–Kier alpha value is -2.97. The van der Waals surface area contributed by atoms with E-state index in [1.165, 1.54) is 24.0 Å². The van der Waals surface area contributed by atoms with E-state index in [9.17, 15) is 4.79 Å². The molecule has 0 amide bonds. The minimum absolute atomic E-state index is 0.142. The number of fused-ring (bicyclic) bond motifs is 1. The molecule has 2 aliphatic heterocycles. The van der Waals surface area contributed by atoms with Gasteiger partial charge in [0.25, 0.3) is 0 Å². The molecule has 1 spiro atoms. The zero-order valence-electron chi connectivity index (χ0n) is 19.1. The van der Waals surface area contributed by atoms with Gasteiger partial charge in [-0.1, -0.05) is 91.0 Å². The number of nitrogens with zero attached hydrogens (tertiary/aromatic N) is 1. The number of carbonyl (C=O) groups excluding carboxylic acids is 1. The summed E-state index contributed by atoms with van der Waals surface area (Å²) in [6.45, 7) is 1.08. The summed E-state index contributed by atoms with van der Waals surface area (Å²) in [5, 5.41) is 0. The maximum atomic E-state index is 14.7. The van der Waals surface area contributed by atoms with Gasteiger partial charge in [0.2, 0.25) is 0 Å². The van der Waals surface area contributed by atoms with Crippen molar-refractivity contribution in [2.75, 3.05) is 6.54 Å². The summed E-state index contributed by atoms with van der Waals surface area (Å²) in [6.07, 6.45) is 7.46. The molecule has 2 heteroatoms. The summed E-state index contributed by atoms with van der Waals surface area (Å²) >= 11 is 0. The second-order valence-electron chi connectivity index (χ2n) is 9.95. The van der Waals surface area contributed by atoms with Crippen LogP contribution in [-0.4, -0.2) is 23.3 Å². The summed E-state index contributed by atoms with van der Waals surface area (Å²) in [4.78, 5) is 17.3. The summed E-state index contributed by atoms with van der Waals surface area (Å²) in [5.74, 6) is 0.619. The lowest BCUT2D eigenvalue weighted by Gasteiger charge is -2.44. The maximum absolute atomic E-state index is 14.7. The molecule has 1 aliphatic carbocycles. The molecule has 3 fully saturated rings. The predicted octanol–water partition coefficient (Wildman–Crippen LogP) is 6.81. The van der Waals surface area contributed by atoms with Crippen molar-refractivity contribution in [1.29, 1.82) is 0 Å². The molecular weight excluding hydrogens is 402 g/mol. The first-order chi connectivity index (χ1) is 16.3. The Bertz CT molecular complexity index is 1100. The second-order valence-corrected chi connectivity index (χ2v) is 9.95. The summed E-state index contributed by atoms with van der Waals surface area (Å²) < 4.78 is 0. The molecule has 0 bridgehead atoms. The lowest BCUT2D eigenvalue weighted by atomic mass is 9.57. The van der Waals surface area contributed by atoms with Crippen molar-refractivity contribution >= 4 is 11.9 Å². The lowest BCUT2D eigenvalue weighted by Crippen LogP contribution is -2.44. The van der Waals surface area contributed by atoms with Crippen LogP contribution >= 0.6 is 0 Å². The van der Waals surface area contributed by atoms with Gasteiger partial charge in [0.1, 0.15) is 0 Å². The molecule has 6 rings (SSSR count). The summed E-state index contributed by atoms with van der Waals surface area (Å²) in [7, 11) is 0. The molecule has 3 aliphatic rings. The highest BCUT2D eigenvalue weighted by atomic mass is 16.1. The van der Waals surface area contributed by atoms with Crippen molar-refractivity contribution in [3.63, 3.8) is 0 Å². The molecule has 4 atom stereocenters. The average Bonchev–Trinajstić information content (AvgIpc) is 3.42. The van der Waals surface area contributed by atoms with E-state index in [1.54, 1.807) is 0 Å². The zero-order valence-corrected chi connectivity index (χ0v) is 19.1. The van der Waals surface area contributed by atoms with E-state index in [1.807, 2.05) is 6.07 Å². The Morgan fingerprint density at radius 3 is 2.12 bits per heavy atom. The van der Waals surface area contributed by atoms with Gasteiger partial charge in [0, 0.05) is 18.0 Å². The van der Waals surface area contributed by atoms with E-state index in [2.05, 4.69) is 95.9 Å². The van der Waals surface area contributed by atoms with Gasteiger partial charge >= 0.3 is 0 Å². The van der Waals surface area contributed by atoms with Crippen LogP contribution in [0.4, 0.5) is 0 Å². The normalized spacial score (nSPS) is 30.7. The highest BCUT2D eigenvalue weighted by molar-refractivity contribution is 6.05. The van der Waals surface area contributed by atoms with E-state index in [0.29, 0.717) is 11.8 Å². The highest BCUT2D eigenvalue weighted by Crippen LogP contribution is 2.65. The molecule has 0 unspecified atom stereocenters. The van der Waals surface area contributed by atoms with E-state index in [-0.39, 0.29) is 12.0 Å². The van der Waals surface area contributed by atoms with Gasteiger partial charge in [-0.2, -0.15) is 0 Å². The molecular formula is C31H31NO. The van der Waals surface area contributed by atoms with Crippen molar-refractivity contribution < 1.29 is 4.79 Å². The second kappa shape index (κ2) is 8.43. The minimum Gasteiger partial charge on any atom is -0.294 e. The number of Topliss-reactive ketones (excluding diaryl/α,β-unsaturated/α-hetero) is 1. The first kappa shape index (κ1) is 20.6. The molecule has 2 nitrogen and oxygen atoms in total. The molecule has 3 aromatic rings. The first-order valence-electron chi connectivity index (χ1n) is 12.4. The molecule has 166 valence electrons. The van der Waals surface area contributed by atoms with Crippen molar-refractivity contribution in [3.05, 3.63) is 113 Å². The number of allylic oxidation sites excluding steroid dienone is 1. The molecule has 0 aromatic heterocycles. The SMILES string of the molecule is O=C1/C(=C/c2ccccc2)CCC[C@@]12[C@H](c1ccccc1)N1CCC[C@H]1[C@@H]2c1ccccc1. The van der Waals surface area contributed by atoms with Crippen LogP contribution in [0.2, 0.25) is 0 Å². The Kier molecular flexibility index (Phi) is 5.27. The van der Waals surface area contributed by atoms with E-state index in [0.717, 1.165) is 36.9 Å². The van der Waals surface area contributed by atoms with Crippen LogP contribution in [0.25, 0.3) is 6.08 Å². The van der Waals surface area contributed by atoms with Gasteiger partial charge in [-0.3, -0.25) is 9.69 Å². The van der Waals surface area contributed by atoms with Crippen molar-refractivity contribution in [2.45, 2.75) is 50.1 Å². The number of ketones is 1. The Morgan fingerprint density at radius 2 is 1.42 bits per heavy atom. The minimum atomic E-state index is -0.410. The van der Waals surface area contributed by atoms with Crippen LogP contribution in [0.3, 0.4) is 0 Å². The fraction of sp³-hybridized carbons (Fsp3) is 0.323. The molecule has 33 heavy (non-hydrogen) atoms. The third-order valence-electron chi connectivity index (χ3n) is 8.27. The van der Waals surface area contributed by atoms with Crippen molar-refractivity contribution in [1.82, 2.24) is 4.90 Å². The number of hydrogen-bond donors (Lipinski definition) is 0. The van der Waals surface area contributed by atoms with Gasteiger partial charge in [0.05, 0.1) is 5.41 Å². The Labute approximate surface area is 197 Å². The molecule has 2 saturated heterocycles. The van der Waals surface area contributed by atoms with Crippen LogP contribution in [0.1, 0.15) is 60.8 Å². The maximum Gasteiger partial charge on any atom is 0.167 e. The van der Waals surface area contributed by atoms with Gasteiger partial charge in [-0.25, -0.2) is 0 Å². The number of carbonyl (C=O) groups is 1. The molecule has 2 heterocycles. The van der Waals surface area contributed by atoms with Crippen LogP contribution in [0.5, 0.6) is 0 Å². The van der Waals surface area contributed by atoms with Gasteiger partial charge in [-0.05, 0) is 67.0 Å². The van der Waals surface area contributed by atoms with Crippen LogP contribution in [0.15, 0.2) is 96.6 Å². The summed E-state index contributed by atoms with van der Waals surface area (Å²) in [5.41, 5.74) is 4.37. The van der Waals surface area contributed by atoms with E-state index >= 15 is 0 Å². The summed E-state index contributed by atoms with van der Waals surface area (Å²) in [6, 6.07) is 32.7. The smallest absolute Gasteiger partial charge is 0.167 e. The monoisotopic (exact) mass is 433 g/mol. The van der Waals surface area contributed by atoms with E-state index < -0.39 is 5.41 Å². The average molecular weight is 434 g/mol. The van der Waals surface area contributed by atoms with Crippen molar-refractivity contribution in [3.8, 4) is 0 Å². The largest absolute Gasteiger partial charge is 0.294 e. The van der Waals surface area contributed by atoms with Crippen molar-refractivity contribution in [2.24, 2.45) is 5.41 Å². The van der Waals surface area contributed by atoms with Crippen LogP contribution < -0.4 is 0 Å². The van der Waals surface area contributed by atoms with E-state index in [4.69, 9.17) is 0 Å². The fourth-order valence-electron chi connectivity index (χ4n) is 7.15. The number of rotatable bonds is 3. The number of benzene rings is 3. The standard InChI is InChI=1S/C31H31NO/c33-30-26(22-23-12-4-1-5-13-23)18-10-20-31(30)28(24-14-6-2-7-15-24)27-19-11-21-32(27)29(31)25-16-8-3-9-17-25/h1-9,12-17,22,27-29H,10-11,18-21H2/b26-22+/t27-,28-,29-,31+/m0/s1. The highest BCUT2D eigenvalue weighted by Gasteiger charge is 2.64. The van der Waals surface area contributed by atoms with Gasteiger partial charge < -0.3 is 0 Å². The Morgan fingerprint density at radius 1 is 0.788 bits per heavy atom. The quantitative estimate of drug-likeness (QED) is 0.423. The Balaban J connectivity index is 1.54. The molecule has 0 radical (unpaired) electrons. The van der Waals surface area contributed by atoms with Crippen LogP contribution in [0, 0.1) is 5.41 Å².